The second-order valence-corrected chi connectivity index (χ2v) is 21.6. The van der Waals surface area contributed by atoms with Gasteiger partial charge < -0.3 is 76.3 Å². The zero-order chi connectivity index (χ0) is 61.1. The number of nitrogens with one attached hydrogen (secondary N) is 7. The molecule has 80 heavy (non-hydrogen) atoms. The summed E-state index contributed by atoms with van der Waals surface area (Å²) in [5.41, 5.74) is 3.31. The summed E-state index contributed by atoms with van der Waals surface area (Å²) >= 11 is 11.5. The lowest BCUT2D eigenvalue weighted by atomic mass is 9.67. The van der Waals surface area contributed by atoms with E-state index in [1.165, 1.54) is 29.4 Å². The van der Waals surface area contributed by atoms with Crippen LogP contribution in [0, 0.1) is 5.41 Å². The van der Waals surface area contributed by atoms with Gasteiger partial charge in [0.2, 0.25) is 0 Å². The van der Waals surface area contributed by atoms with Gasteiger partial charge in [-0.25, -0.2) is 33.6 Å². The summed E-state index contributed by atoms with van der Waals surface area (Å²) in [4.78, 5) is 90.7. The van der Waals surface area contributed by atoms with Gasteiger partial charge in [0.15, 0.2) is 0 Å². The third kappa shape index (κ3) is 28.2. The van der Waals surface area contributed by atoms with Crippen LogP contribution in [0.15, 0.2) is 97.1 Å². The molecule has 0 aromatic heterocycles. The molecular weight excluding hydrogens is 1070 g/mol. The van der Waals surface area contributed by atoms with E-state index >= 15 is 0 Å². The van der Waals surface area contributed by atoms with Crippen molar-refractivity contribution >= 4 is 93.9 Å². The molecule has 0 spiro atoms. The number of para-hydroxylation sites is 1. The molecule has 1 saturated carbocycles. The Bertz CT molecular complexity index is 2540. The number of amides is 14. The van der Waals surface area contributed by atoms with E-state index in [0.717, 1.165) is 36.4 Å². The minimum Gasteiger partial charge on any atom is -0.494 e. The molecule has 2 unspecified atom stereocenters. The van der Waals surface area contributed by atoms with Crippen molar-refractivity contribution in [1.29, 1.82) is 0 Å². The van der Waals surface area contributed by atoms with E-state index in [2.05, 4.69) is 58.0 Å². The van der Waals surface area contributed by atoms with Gasteiger partial charge in [0, 0.05) is 139 Å². The molecule has 442 valence electrons. The average Bonchev–Trinajstić information content (AvgIpc) is 3.36. The van der Waals surface area contributed by atoms with E-state index in [9.17, 15) is 33.6 Å². The Morgan fingerprint density at radius 2 is 0.787 bits per heavy atom. The molecule has 4 aromatic rings. The minimum absolute atomic E-state index is 0.0658. The SMILES string of the molecule is CCOc1ccc(NC(=O)N(C)C)cc1.CN(C)C(=O)NC1CC(C)(C)CC(C)(NC(=O)N(C)C)C1.CN(C)C(=O)Nc1ccc(Cl)c(Cl)c1.CN(C)C(=O)Nc1ccc(NC(=O)N(C)C)cc1.CN(C)C(=O)Nc1ccccc1. The van der Waals surface area contributed by atoms with Crippen LogP contribution in [0.25, 0.3) is 0 Å². The summed E-state index contributed by atoms with van der Waals surface area (Å²) in [5.74, 6) is 0.806. The molecule has 7 N–H and O–H groups in total. The molecule has 0 radical (unpaired) electrons. The maximum Gasteiger partial charge on any atom is 0.321 e. The lowest BCUT2D eigenvalue weighted by molar-refractivity contribution is 0.103. The highest BCUT2D eigenvalue weighted by Gasteiger charge is 2.43. The van der Waals surface area contributed by atoms with Gasteiger partial charge >= 0.3 is 42.2 Å². The van der Waals surface area contributed by atoms with Gasteiger partial charge in [-0.3, -0.25) is 0 Å². The van der Waals surface area contributed by atoms with Gasteiger partial charge in [-0.15, -0.1) is 0 Å². The first kappa shape index (κ1) is 70.2. The van der Waals surface area contributed by atoms with E-state index in [4.69, 9.17) is 27.9 Å². The Balaban J connectivity index is 0.000000506. The van der Waals surface area contributed by atoms with E-state index in [-0.39, 0.29) is 59.2 Å². The molecule has 4 aromatic carbocycles. The summed E-state index contributed by atoms with van der Waals surface area (Å²) in [7, 11) is 23.7. The topological polar surface area (TPSA) is 236 Å². The van der Waals surface area contributed by atoms with Gasteiger partial charge in [0.25, 0.3) is 0 Å². The quantitative estimate of drug-likeness (QED) is 0.0849. The largest absolute Gasteiger partial charge is 0.494 e. The molecule has 24 heteroatoms. The molecule has 0 bridgehead atoms. The van der Waals surface area contributed by atoms with Crippen LogP contribution in [0.2, 0.25) is 10.0 Å². The number of hydrogen-bond donors (Lipinski definition) is 7. The van der Waals surface area contributed by atoms with E-state index in [1.54, 1.807) is 146 Å². The second-order valence-electron chi connectivity index (χ2n) is 20.8. The number of benzene rings is 4. The molecule has 14 amide bonds. The number of ether oxygens (including phenoxy) is 1. The number of hydrogen-bond acceptors (Lipinski definition) is 8. The van der Waals surface area contributed by atoms with Crippen molar-refractivity contribution in [2.75, 3.05) is 132 Å². The maximum atomic E-state index is 12.0. The maximum absolute atomic E-state index is 12.0. The molecule has 0 aliphatic heterocycles. The fourth-order valence-electron chi connectivity index (χ4n) is 7.06. The highest BCUT2D eigenvalue weighted by atomic mass is 35.5. The molecule has 1 aliphatic carbocycles. The highest BCUT2D eigenvalue weighted by Crippen LogP contribution is 2.41. The molecular formula is C56H86Cl2N14O8. The standard InChI is InChI=1S/C15H30N4O2.C12H18N4O2.C11H16N2O2.C9H10Cl2N2O.C9H12N2O/c1-14(2)8-11(16-12(20)18(4)5)9-15(3,10-14)17-13(21)19(6)7;1-15(2)11(17)13-9-5-7-10(8-6-9)14-12(18)16(3)4;1-4-15-10-7-5-9(6-8-10)12-11(14)13(2)3;1-13(2)9(14)12-6-3-4-7(10)8(11)5-6;1-11(2)9(12)10-8-6-4-3-5-7-8/h11H,8-10H2,1-7H3,(H,16,20)(H,17,21);5-8H,1-4H3,(H,13,17)(H,14,18);5-8H,4H2,1-3H3,(H,12,14);3-5H,1-2H3,(H,12,14);3-7H,1-2H3,(H,10,12). The van der Waals surface area contributed by atoms with Crippen LogP contribution in [0.5, 0.6) is 5.75 Å². The van der Waals surface area contributed by atoms with E-state index < -0.39 is 0 Å². The van der Waals surface area contributed by atoms with Crippen molar-refractivity contribution in [3.8, 4) is 5.75 Å². The minimum atomic E-state index is -0.312. The van der Waals surface area contributed by atoms with Crippen molar-refractivity contribution in [1.82, 2.24) is 44.9 Å². The van der Waals surface area contributed by atoms with Crippen LogP contribution in [0.4, 0.5) is 62.0 Å². The first-order chi connectivity index (χ1) is 37.2. The number of carbonyl (C=O) groups is 7. The first-order valence-electron chi connectivity index (χ1n) is 25.4. The van der Waals surface area contributed by atoms with Gasteiger partial charge in [-0.05, 0) is 117 Å². The Kier molecular flexibility index (Phi) is 30.0. The molecule has 5 rings (SSSR count). The molecule has 0 heterocycles. The van der Waals surface area contributed by atoms with E-state index in [0.29, 0.717) is 33.7 Å². The Morgan fingerprint density at radius 3 is 1.14 bits per heavy atom. The summed E-state index contributed by atoms with van der Waals surface area (Å²) in [6.45, 7) is 9.00. The van der Waals surface area contributed by atoms with Crippen molar-refractivity contribution < 1.29 is 38.3 Å². The van der Waals surface area contributed by atoms with Crippen LogP contribution < -0.4 is 42.0 Å². The number of halogens is 2. The number of carbonyl (C=O) groups excluding carboxylic acids is 7. The monoisotopic (exact) mass is 1150 g/mol. The third-order valence-corrected chi connectivity index (χ3v) is 11.7. The Labute approximate surface area is 483 Å². The summed E-state index contributed by atoms with van der Waals surface area (Å²) in [5, 5.41) is 20.6. The lowest BCUT2D eigenvalue weighted by Crippen LogP contribution is -2.59. The van der Waals surface area contributed by atoms with Crippen LogP contribution >= 0.6 is 23.2 Å². The Morgan fingerprint density at radius 1 is 0.450 bits per heavy atom. The first-order valence-corrected chi connectivity index (χ1v) is 26.1. The Hall–Kier alpha value is -7.85. The molecule has 0 saturated heterocycles. The van der Waals surface area contributed by atoms with Crippen molar-refractivity contribution in [3.63, 3.8) is 0 Å². The third-order valence-electron chi connectivity index (χ3n) is 10.9. The summed E-state index contributed by atoms with van der Waals surface area (Å²) in [6.07, 6.45) is 2.56. The second kappa shape index (κ2) is 34.2. The van der Waals surface area contributed by atoms with Crippen LogP contribution in [0.3, 0.4) is 0 Å². The summed E-state index contributed by atoms with van der Waals surface area (Å²) < 4.78 is 5.29. The van der Waals surface area contributed by atoms with Crippen LogP contribution in [-0.2, 0) is 0 Å². The van der Waals surface area contributed by atoms with Crippen molar-refractivity contribution in [2.24, 2.45) is 5.41 Å². The zero-order valence-electron chi connectivity index (χ0n) is 49.8. The fraction of sp³-hybridized carbons (Fsp3) is 0.446. The van der Waals surface area contributed by atoms with Gasteiger partial charge in [-0.2, -0.15) is 0 Å². The number of anilines is 5. The van der Waals surface area contributed by atoms with E-state index in [1.807, 2.05) is 61.5 Å². The van der Waals surface area contributed by atoms with Crippen LogP contribution in [-0.4, -0.2) is 193 Å². The number of rotatable bonds is 9. The molecule has 2 atom stereocenters. The molecule has 22 nitrogen and oxygen atoms in total. The summed E-state index contributed by atoms with van der Waals surface area (Å²) in [6, 6.07) is 27.5. The predicted molar refractivity (Wildman–Crippen MR) is 325 cm³/mol. The molecule has 1 fully saturated rings. The van der Waals surface area contributed by atoms with Crippen molar-refractivity contribution in [2.45, 2.75) is 58.5 Å². The number of nitrogens with zero attached hydrogens (tertiary/aromatic N) is 7. The fourth-order valence-corrected chi connectivity index (χ4v) is 7.36. The number of urea groups is 7. The van der Waals surface area contributed by atoms with Crippen LogP contribution in [0.1, 0.15) is 47.0 Å². The van der Waals surface area contributed by atoms with Gasteiger partial charge in [0.05, 0.1) is 16.7 Å². The molecule has 1 aliphatic rings. The smallest absolute Gasteiger partial charge is 0.321 e. The van der Waals surface area contributed by atoms with Gasteiger partial charge in [-0.1, -0.05) is 55.2 Å². The average molecular weight is 1150 g/mol. The normalized spacial score (nSPS) is 14.3. The zero-order valence-corrected chi connectivity index (χ0v) is 51.3. The predicted octanol–water partition coefficient (Wildman–Crippen LogP) is 10.8. The van der Waals surface area contributed by atoms with Gasteiger partial charge in [0.1, 0.15) is 5.75 Å². The highest BCUT2D eigenvalue weighted by molar-refractivity contribution is 6.42. The van der Waals surface area contributed by atoms with Crippen molar-refractivity contribution in [3.05, 3.63) is 107 Å². The lowest BCUT2D eigenvalue weighted by Gasteiger charge is -2.47.